The Morgan fingerprint density at radius 2 is 0.511 bits per heavy atom. The summed E-state index contributed by atoms with van der Waals surface area (Å²) in [7, 11) is -9.90. The van der Waals surface area contributed by atoms with Gasteiger partial charge in [0.1, 0.15) is 19.3 Å². The Balaban J connectivity index is 5.27. The Labute approximate surface area is 537 Å². The van der Waals surface area contributed by atoms with Crippen molar-refractivity contribution in [2.75, 3.05) is 39.6 Å². The molecule has 0 radical (unpaired) electrons. The van der Waals surface area contributed by atoms with Crippen molar-refractivity contribution in [3.63, 3.8) is 0 Å². The maximum atomic E-state index is 13.0. The van der Waals surface area contributed by atoms with Crippen molar-refractivity contribution in [1.29, 1.82) is 0 Å². The molecule has 0 saturated carbocycles. The van der Waals surface area contributed by atoms with Crippen LogP contribution in [-0.4, -0.2) is 96.7 Å². The van der Waals surface area contributed by atoms with Crippen LogP contribution in [0.1, 0.15) is 338 Å². The number of carbonyl (C=O) groups is 4. The van der Waals surface area contributed by atoms with Crippen LogP contribution in [0, 0.1) is 23.7 Å². The van der Waals surface area contributed by atoms with Crippen LogP contribution in [0.5, 0.6) is 0 Å². The zero-order valence-electron chi connectivity index (χ0n) is 57.3. The fourth-order valence-electron chi connectivity index (χ4n) is 10.2. The lowest BCUT2D eigenvalue weighted by molar-refractivity contribution is -0.161. The number of ether oxygens (including phenoxy) is 4. The van der Waals surface area contributed by atoms with E-state index in [-0.39, 0.29) is 25.7 Å². The van der Waals surface area contributed by atoms with Crippen molar-refractivity contribution in [2.24, 2.45) is 23.7 Å². The van der Waals surface area contributed by atoms with E-state index in [1.54, 1.807) is 0 Å². The molecule has 0 aromatic rings. The van der Waals surface area contributed by atoms with Crippen LogP contribution in [0.15, 0.2) is 0 Å². The molecule has 0 aliphatic carbocycles. The molecule has 0 spiro atoms. The third-order valence-corrected chi connectivity index (χ3v) is 19.2. The third kappa shape index (κ3) is 57.9. The Morgan fingerprint density at radius 3 is 0.750 bits per heavy atom. The summed E-state index contributed by atoms with van der Waals surface area (Å²) in [6.45, 7) is 14.1. The van der Waals surface area contributed by atoms with E-state index in [1.165, 1.54) is 135 Å². The Morgan fingerprint density at radius 1 is 0.307 bits per heavy atom. The first-order valence-electron chi connectivity index (χ1n) is 35.9. The molecule has 0 aromatic carbocycles. The number of phosphoric ester groups is 2. The van der Waals surface area contributed by atoms with E-state index in [0.29, 0.717) is 25.7 Å². The van der Waals surface area contributed by atoms with Gasteiger partial charge < -0.3 is 33.8 Å². The van der Waals surface area contributed by atoms with Crippen LogP contribution < -0.4 is 0 Å². The number of carbonyl (C=O) groups excluding carboxylic acids is 4. The molecule has 0 heterocycles. The highest BCUT2D eigenvalue weighted by Gasteiger charge is 2.30. The predicted octanol–water partition coefficient (Wildman–Crippen LogP) is 19.3. The van der Waals surface area contributed by atoms with E-state index in [0.717, 1.165) is 120 Å². The number of unbranched alkanes of at least 4 members (excludes halogenated alkanes) is 28. The number of hydrogen-bond acceptors (Lipinski definition) is 15. The van der Waals surface area contributed by atoms with E-state index >= 15 is 0 Å². The third-order valence-electron chi connectivity index (χ3n) is 17.3. The zero-order valence-corrected chi connectivity index (χ0v) is 59.1. The minimum Gasteiger partial charge on any atom is -0.462 e. The molecule has 9 atom stereocenters. The molecule has 6 unspecified atom stereocenters. The maximum Gasteiger partial charge on any atom is 0.472 e. The monoisotopic (exact) mass is 1300 g/mol. The molecule has 522 valence electrons. The molecule has 3 N–H and O–H groups in total. The van der Waals surface area contributed by atoms with E-state index in [4.69, 9.17) is 37.0 Å². The second kappa shape index (κ2) is 58.8. The van der Waals surface area contributed by atoms with Crippen molar-refractivity contribution in [3.8, 4) is 0 Å². The number of phosphoric acid groups is 2. The summed E-state index contributed by atoms with van der Waals surface area (Å²) in [6.07, 6.45) is 40.2. The van der Waals surface area contributed by atoms with Crippen LogP contribution in [0.2, 0.25) is 0 Å². The minimum atomic E-state index is -4.95. The van der Waals surface area contributed by atoms with Gasteiger partial charge in [-0.2, -0.15) is 0 Å². The lowest BCUT2D eigenvalue weighted by atomic mass is 9.99. The molecule has 0 saturated heterocycles. The number of aliphatic hydroxyl groups excluding tert-OH is 1. The first kappa shape index (κ1) is 86.1. The highest BCUT2D eigenvalue weighted by Crippen LogP contribution is 2.45. The van der Waals surface area contributed by atoms with Crippen molar-refractivity contribution >= 4 is 39.5 Å². The van der Waals surface area contributed by atoms with E-state index in [2.05, 4.69) is 55.4 Å². The maximum absolute atomic E-state index is 13.0. The smallest absolute Gasteiger partial charge is 0.462 e. The van der Waals surface area contributed by atoms with Gasteiger partial charge in [-0.05, 0) is 49.4 Å². The molecule has 0 amide bonds. The number of hydrogen-bond donors (Lipinski definition) is 3. The molecule has 88 heavy (non-hydrogen) atoms. The second-order valence-electron chi connectivity index (χ2n) is 25.9. The Kier molecular flexibility index (Phi) is 57.6. The van der Waals surface area contributed by atoms with Crippen LogP contribution in [0.3, 0.4) is 0 Å². The van der Waals surface area contributed by atoms with E-state index in [1.807, 2.05) is 0 Å². The molecule has 0 aromatic heterocycles. The topological polar surface area (TPSA) is 237 Å². The van der Waals surface area contributed by atoms with Crippen LogP contribution in [0.4, 0.5) is 0 Å². The number of esters is 4. The average molecular weight is 1300 g/mol. The van der Waals surface area contributed by atoms with Gasteiger partial charge in [-0.25, -0.2) is 9.13 Å². The zero-order chi connectivity index (χ0) is 65.4. The molecule has 19 heteroatoms. The first-order valence-corrected chi connectivity index (χ1v) is 38.8. The van der Waals surface area contributed by atoms with Crippen molar-refractivity contribution in [3.05, 3.63) is 0 Å². The van der Waals surface area contributed by atoms with E-state index in [9.17, 15) is 43.2 Å². The van der Waals surface area contributed by atoms with Gasteiger partial charge >= 0.3 is 39.5 Å². The van der Waals surface area contributed by atoms with Gasteiger partial charge in [0, 0.05) is 25.7 Å². The fraction of sp³-hybridized carbons (Fsp3) is 0.942. The first-order chi connectivity index (χ1) is 42.2. The normalized spacial score (nSPS) is 15.5. The quantitative estimate of drug-likeness (QED) is 0.0222. The summed E-state index contributed by atoms with van der Waals surface area (Å²) in [4.78, 5) is 72.5. The Bertz CT molecular complexity index is 1760. The summed E-state index contributed by atoms with van der Waals surface area (Å²) < 4.78 is 68.2. The van der Waals surface area contributed by atoms with Gasteiger partial charge in [0.25, 0.3) is 0 Å². The summed E-state index contributed by atoms with van der Waals surface area (Å²) in [5.41, 5.74) is 0. The minimum absolute atomic E-state index is 0.102. The number of aliphatic hydroxyl groups is 1. The summed E-state index contributed by atoms with van der Waals surface area (Å²) in [5, 5.41) is 10.6. The highest BCUT2D eigenvalue weighted by atomic mass is 31.2. The summed E-state index contributed by atoms with van der Waals surface area (Å²) in [6, 6.07) is 0. The Hall–Kier alpha value is -1.94. The van der Waals surface area contributed by atoms with Gasteiger partial charge in [0.2, 0.25) is 0 Å². The lowest BCUT2D eigenvalue weighted by Crippen LogP contribution is -2.30. The van der Waals surface area contributed by atoms with Crippen molar-refractivity contribution < 1.29 is 80.2 Å². The average Bonchev–Trinajstić information content (AvgIpc) is 3.71. The van der Waals surface area contributed by atoms with Gasteiger partial charge in [-0.3, -0.25) is 37.3 Å². The predicted molar refractivity (Wildman–Crippen MR) is 354 cm³/mol. The molecule has 17 nitrogen and oxygen atoms in total. The van der Waals surface area contributed by atoms with Gasteiger partial charge in [0.05, 0.1) is 26.4 Å². The van der Waals surface area contributed by atoms with Gasteiger partial charge in [0.15, 0.2) is 12.2 Å². The summed E-state index contributed by atoms with van der Waals surface area (Å²) in [5.74, 6) is 0.929. The van der Waals surface area contributed by atoms with E-state index < -0.39 is 97.5 Å². The van der Waals surface area contributed by atoms with Gasteiger partial charge in [-0.1, -0.05) is 287 Å². The molecular formula is C69H134O17P2. The van der Waals surface area contributed by atoms with Crippen LogP contribution >= 0.6 is 15.6 Å². The lowest BCUT2D eigenvalue weighted by Gasteiger charge is -2.21. The highest BCUT2D eigenvalue weighted by molar-refractivity contribution is 7.47. The molecule has 0 aliphatic rings. The standard InChI is InChI=1S/C69H134O17P2/c1-9-59(5)45-37-29-21-17-13-15-19-23-33-41-49-66(71)79-55-64(85-68(73)51-43-35-24-20-16-14-18-22-30-38-46-60(6)10-2)57-83-87(75,76)81-53-63(70)54-82-88(77,78)84-58-65(86-69(74)52-44-36-28-26-32-40-48-62(8)12-4)56-80-67(72)50-42-34-27-25-31-39-47-61(7)11-3/h59-65,70H,9-58H2,1-8H3,(H,75,76)(H,77,78)/t59?,60?,61?,62?,63-,64-,65-/m1/s1. The second-order valence-corrected chi connectivity index (χ2v) is 28.8. The van der Waals surface area contributed by atoms with Crippen molar-refractivity contribution in [1.82, 2.24) is 0 Å². The van der Waals surface area contributed by atoms with Crippen LogP contribution in [0.25, 0.3) is 0 Å². The van der Waals surface area contributed by atoms with Crippen molar-refractivity contribution in [2.45, 2.75) is 356 Å². The number of rotatable bonds is 66. The van der Waals surface area contributed by atoms with Crippen LogP contribution in [-0.2, 0) is 65.4 Å². The SMILES string of the molecule is CCC(C)CCCCCCCCCCCCC(=O)OC[C@H](COP(=O)(O)OC[C@@H](O)COP(=O)(O)OC[C@@H](COC(=O)CCCCCCCCC(C)CC)OC(=O)CCCCCCCCC(C)CC)OC(=O)CCCCCCCCCCCCC(C)CC. The molecule has 0 aliphatic heterocycles. The summed E-state index contributed by atoms with van der Waals surface area (Å²) >= 11 is 0. The molecule has 0 rings (SSSR count). The molecular weight excluding hydrogens is 1160 g/mol. The molecule has 0 bridgehead atoms. The largest absolute Gasteiger partial charge is 0.472 e. The molecule has 0 fully saturated rings. The fourth-order valence-corrected chi connectivity index (χ4v) is 11.8. The van der Waals surface area contributed by atoms with Gasteiger partial charge in [-0.15, -0.1) is 0 Å².